The second kappa shape index (κ2) is 8.45. The smallest absolute Gasteiger partial charge is 0.262 e. The molecule has 5 heteroatoms. The van der Waals surface area contributed by atoms with Crippen molar-refractivity contribution in [1.82, 2.24) is 4.98 Å². The minimum Gasteiger partial charge on any atom is -0.484 e. The Kier molecular flexibility index (Phi) is 5.58. The van der Waals surface area contributed by atoms with Gasteiger partial charge < -0.3 is 10.1 Å². The molecule has 0 unspecified atom stereocenters. The highest BCUT2D eigenvalue weighted by molar-refractivity contribution is 5.92. The van der Waals surface area contributed by atoms with Crippen LogP contribution in [0, 0.1) is 17.7 Å². The molecule has 3 rings (SSSR count). The van der Waals surface area contributed by atoms with E-state index in [0.717, 1.165) is 5.56 Å². The lowest BCUT2D eigenvalue weighted by molar-refractivity contribution is -0.118. The lowest BCUT2D eigenvalue weighted by Crippen LogP contribution is -2.20. The summed E-state index contributed by atoms with van der Waals surface area (Å²) in [4.78, 5) is 16.1. The van der Waals surface area contributed by atoms with Gasteiger partial charge in [-0.2, -0.15) is 0 Å². The van der Waals surface area contributed by atoms with E-state index >= 15 is 0 Å². The fourth-order valence-corrected chi connectivity index (χ4v) is 2.12. The first-order valence-electron chi connectivity index (χ1n) is 7.90. The molecule has 0 fully saturated rings. The van der Waals surface area contributed by atoms with Crippen LogP contribution < -0.4 is 10.1 Å². The quantitative estimate of drug-likeness (QED) is 0.734. The van der Waals surface area contributed by atoms with Gasteiger partial charge in [-0.3, -0.25) is 4.79 Å². The number of aromatic nitrogens is 1. The zero-order chi connectivity index (χ0) is 18.2. The molecular formula is C21H15FN2O2. The molecule has 0 spiro atoms. The largest absolute Gasteiger partial charge is 0.484 e. The second-order valence-corrected chi connectivity index (χ2v) is 5.34. The van der Waals surface area contributed by atoms with Crippen LogP contribution in [-0.2, 0) is 4.79 Å². The maximum absolute atomic E-state index is 12.8. The van der Waals surface area contributed by atoms with Crippen molar-refractivity contribution >= 4 is 11.6 Å². The fraction of sp³-hybridized carbons (Fsp3) is 0.0476. The van der Waals surface area contributed by atoms with Crippen molar-refractivity contribution in [1.29, 1.82) is 0 Å². The van der Waals surface area contributed by atoms with Crippen molar-refractivity contribution < 1.29 is 13.9 Å². The van der Waals surface area contributed by atoms with E-state index in [2.05, 4.69) is 22.1 Å². The third-order valence-corrected chi connectivity index (χ3v) is 3.33. The van der Waals surface area contributed by atoms with Gasteiger partial charge in [-0.25, -0.2) is 9.37 Å². The molecule has 2 aromatic carbocycles. The van der Waals surface area contributed by atoms with Crippen LogP contribution in [0.4, 0.5) is 10.1 Å². The molecule has 1 N–H and O–H groups in total. The van der Waals surface area contributed by atoms with E-state index in [0.29, 0.717) is 17.1 Å². The van der Waals surface area contributed by atoms with Crippen molar-refractivity contribution in [3.8, 4) is 17.6 Å². The highest BCUT2D eigenvalue weighted by Gasteiger charge is 2.04. The molecule has 0 atom stereocenters. The highest BCUT2D eigenvalue weighted by atomic mass is 19.1. The van der Waals surface area contributed by atoms with Crippen molar-refractivity contribution in [2.45, 2.75) is 0 Å². The van der Waals surface area contributed by atoms with E-state index in [1.807, 2.05) is 24.3 Å². The van der Waals surface area contributed by atoms with Crippen LogP contribution in [0.5, 0.6) is 5.75 Å². The predicted molar refractivity (Wildman–Crippen MR) is 97.2 cm³/mol. The third-order valence-electron chi connectivity index (χ3n) is 3.33. The number of rotatable bonds is 4. The first kappa shape index (κ1) is 17.2. The number of ether oxygens (including phenoxy) is 1. The topological polar surface area (TPSA) is 51.2 Å². The standard InChI is InChI=1S/C21H15FN2O2/c22-17-8-11-20(12-9-17)26-15-21(25)24-19-6-3-4-16(14-19)7-10-18-5-1-2-13-23-18/h1-6,8-9,11-14H,15H2,(H,24,25). The first-order chi connectivity index (χ1) is 12.7. The number of hydrogen-bond donors (Lipinski definition) is 1. The number of amides is 1. The predicted octanol–water partition coefficient (Wildman–Crippen LogP) is 3.64. The van der Waals surface area contributed by atoms with Crippen LogP contribution in [0.15, 0.2) is 72.9 Å². The summed E-state index contributed by atoms with van der Waals surface area (Å²) in [5.74, 6) is 5.73. The molecule has 0 bridgehead atoms. The summed E-state index contributed by atoms with van der Waals surface area (Å²) in [7, 11) is 0. The van der Waals surface area contributed by atoms with Gasteiger partial charge in [0.05, 0.1) is 0 Å². The maximum Gasteiger partial charge on any atom is 0.262 e. The Hall–Kier alpha value is -3.65. The number of anilines is 1. The van der Waals surface area contributed by atoms with Crippen LogP contribution in [-0.4, -0.2) is 17.5 Å². The average Bonchev–Trinajstić information content (AvgIpc) is 2.67. The number of hydrogen-bond acceptors (Lipinski definition) is 3. The fourth-order valence-electron chi connectivity index (χ4n) is 2.12. The lowest BCUT2D eigenvalue weighted by Gasteiger charge is -2.07. The van der Waals surface area contributed by atoms with E-state index in [-0.39, 0.29) is 18.3 Å². The van der Waals surface area contributed by atoms with E-state index in [1.54, 1.807) is 24.4 Å². The van der Waals surface area contributed by atoms with Crippen molar-refractivity contribution in [2.24, 2.45) is 0 Å². The Labute approximate surface area is 150 Å². The summed E-state index contributed by atoms with van der Waals surface area (Å²) >= 11 is 0. The zero-order valence-corrected chi connectivity index (χ0v) is 13.8. The van der Waals surface area contributed by atoms with Gasteiger partial charge in [0.25, 0.3) is 5.91 Å². The van der Waals surface area contributed by atoms with E-state index in [4.69, 9.17) is 4.74 Å². The van der Waals surface area contributed by atoms with Gasteiger partial charge in [-0.1, -0.05) is 18.1 Å². The van der Waals surface area contributed by atoms with Gasteiger partial charge in [0, 0.05) is 17.4 Å². The molecule has 0 aliphatic heterocycles. The van der Waals surface area contributed by atoms with Crippen molar-refractivity contribution in [2.75, 3.05) is 11.9 Å². The normalized spacial score (nSPS) is 9.73. The van der Waals surface area contributed by atoms with Gasteiger partial charge in [0.2, 0.25) is 0 Å². The summed E-state index contributed by atoms with van der Waals surface area (Å²) in [6.45, 7) is -0.171. The third kappa shape index (κ3) is 5.18. The Bertz CT molecular complexity index is 945. The Balaban J connectivity index is 1.58. The molecule has 1 amide bonds. The van der Waals surface area contributed by atoms with Crippen molar-refractivity contribution in [3.05, 3.63) is 90.0 Å². The number of carbonyl (C=O) groups excluding carboxylic acids is 1. The molecule has 3 aromatic rings. The Morgan fingerprint density at radius 1 is 1.04 bits per heavy atom. The summed E-state index contributed by atoms with van der Waals surface area (Å²) in [5, 5.41) is 2.74. The highest BCUT2D eigenvalue weighted by Crippen LogP contribution is 2.12. The Morgan fingerprint density at radius 3 is 2.65 bits per heavy atom. The zero-order valence-electron chi connectivity index (χ0n) is 13.8. The van der Waals surface area contributed by atoms with Gasteiger partial charge >= 0.3 is 0 Å². The number of pyridine rings is 1. The Morgan fingerprint density at radius 2 is 1.88 bits per heavy atom. The van der Waals surface area contributed by atoms with Crippen LogP contribution in [0.3, 0.4) is 0 Å². The molecule has 1 aromatic heterocycles. The number of halogens is 1. The van der Waals surface area contributed by atoms with Gasteiger partial charge in [0.15, 0.2) is 6.61 Å². The maximum atomic E-state index is 12.8. The van der Waals surface area contributed by atoms with E-state index in [9.17, 15) is 9.18 Å². The summed E-state index contributed by atoms with van der Waals surface area (Å²) in [6, 6.07) is 18.2. The van der Waals surface area contributed by atoms with E-state index in [1.165, 1.54) is 24.3 Å². The van der Waals surface area contributed by atoms with E-state index < -0.39 is 0 Å². The number of nitrogens with one attached hydrogen (secondary N) is 1. The molecule has 128 valence electrons. The number of carbonyl (C=O) groups is 1. The SMILES string of the molecule is O=C(COc1ccc(F)cc1)Nc1cccc(C#Cc2ccccn2)c1. The van der Waals surface area contributed by atoms with Gasteiger partial charge in [-0.15, -0.1) is 0 Å². The van der Waals surface area contributed by atoms with Crippen molar-refractivity contribution in [3.63, 3.8) is 0 Å². The molecule has 0 radical (unpaired) electrons. The monoisotopic (exact) mass is 346 g/mol. The van der Waals surface area contributed by atoms with Gasteiger partial charge in [-0.05, 0) is 60.5 Å². The number of nitrogens with zero attached hydrogens (tertiary/aromatic N) is 1. The molecular weight excluding hydrogens is 331 g/mol. The molecule has 0 aliphatic rings. The van der Waals surface area contributed by atoms with Gasteiger partial charge in [0.1, 0.15) is 17.3 Å². The number of benzene rings is 2. The first-order valence-corrected chi connectivity index (χ1v) is 7.90. The average molecular weight is 346 g/mol. The van der Waals surface area contributed by atoms with Crippen LogP contribution in [0.1, 0.15) is 11.3 Å². The summed E-state index contributed by atoms with van der Waals surface area (Å²) < 4.78 is 18.1. The molecule has 4 nitrogen and oxygen atoms in total. The van der Waals surface area contributed by atoms with Crippen LogP contribution in [0.25, 0.3) is 0 Å². The van der Waals surface area contributed by atoms with Crippen LogP contribution >= 0.6 is 0 Å². The molecule has 1 heterocycles. The molecule has 26 heavy (non-hydrogen) atoms. The molecule has 0 saturated heterocycles. The lowest BCUT2D eigenvalue weighted by atomic mass is 10.2. The summed E-state index contributed by atoms with van der Waals surface area (Å²) in [5.41, 5.74) is 2.05. The molecule has 0 aliphatic carbocycles. The summed E-state index contributed by atoms with van der Waals surface area (Å²) in [6.07, 6.45) is 1.68. The van der Waals surface area contributed by atoms with Crippen LogP contribution in [0.2, 0.25) is 0 Å². The minimum atomic E-state index is -0.356. The second-order valence-electron chi connectivity index (χ2n) is 5.34. The molecule has 0 saturated carbocycles. The minimum absolute atomic E-state index is 0.171.